The van der Waals surface area contributed by atoms with Crippen molar-refractivity contribution in [3.63, 3.8) is 0 Å². The van der Waals surface area contributed by atoms with E-state index in [9.17, 15) is 9.59 Å². The van der Waals surface area contributed by atoms with Crippen LogP contribution in [-0.2, 0) is 22.6 Å². The Morgan fingerprint density at radius 3 is 2.32 bits per heavy atom. The molecule has 0 unspecified atom stereocenters. The summed E-state index contributed by atoms with van der Waals surface area (Å²) < 4.78 is 16.2. The number of urea groups is 1. The lowest BCUT2D eigenvalue weighted by molar-refractivity contribution is -0.133. The first-order valence-corrected chi connectivity index (χ1v) is 11.0. The molecule has 8 heteroatoms. The summed E-state index contributed by atoms with van der Waals surface area (Å²) in [6.07, 6.45) is 0. The number of nitrogens with one attached hydrogen (secondary N) is 1. The van der Waals surface area contributed by atoms with Gasteiger partial charge in [0.1, 0.15) is 23.8 Å². The van der Waals surface area contributed by atoms with Gasteiger partial charge in [0.05, 0.1) is 25.9 Å². The zero-order valence-corrected chi connectivity index (χ0v) is 19.8. The highest BCUT2D eigenvalue weighted by Gasteiger charge is 2.23. The van der Waals surface area contributed by atoms with Crippen LogP contribution in [0.15, 0.2) is 71.1 Å². The predicted molar refractivity (Wildman–Crippen MR) is 130 cm³/mol. The number of benzene rings is 2. The molecule has 0 aliphatic rings. The average Bonchev–Trinajstić information content (AvgIpc) is 3.26. The third kappa shape index (κ3) is 7.11. The zero-order valence-electron chi connectivity index (χ0n) is 19.8. The van der Waals surface area contributed by atoms with Crippen LogP contribution in [0.5, 0.6) is 5.75 Å². The Hall–Kier alpha value is -3.78. The molecule has 1 N–H and O–H groups in total. The molecule has 0 saturated heterocycles. The summed E-state index contributed by atoms with van der Waals surface area (Å²) in [6.45, 7) is 2.99. The highest BCUT2D eigenvalue weighted by Crippen LogP contribution is 2.23. The molecule has 8 nitrogen and oxygen atoms in total. The van der Waals surface area contributed by atoms with E-state index in [0.717, 1.165) is 11.3 Å². The third-order valence-electron chi connectivity index (χ3n) is 5.24. The summed E-state index contributed by atoms with van der Waals surface area (Å²) in [5.41, 5.74) is 1.51. The van der Waals surface area contributed by atoms with Crippen molar-refractivity contribution in [3.8, 4) is 5.75 Å². The number of para-hydroxylation sites is 2. The fourth-order valence-electron chi connectivity index (χ4n) is 3.45. The molecule has 3 aromatic rings. The molecule has 2 aromatic carbocycles. The van der Waals surface area contributed by atoms with Gasteiger partial charge in [-0.3, -0.25) is 4.79 Å². The lowest BCUT2D eigenvalue weighted by Gasteiger charge is -2.27. The number of methoxy groups -OCH3 is 2. The number of furan rings is 1. The smallest absolute Gasteiger partial charge is 0.322 e. The quantitative estimate of drug-likeness (QED) is 0.456. The summed E-state index contributed by atoms with van der Waals surface area (Å²) in [5.74, 6) is 1.79. The van der Waals surface area contributed by atoms with E-state index in [1.165, 1.54) is 12.0 Å². The van der Waals surface area contributed by atoms with E-state index in [-0.39, 0.29) is 19.0 Å². The highest BCUT2D eigenvalue weighted by molar-refractivity contribution is 5.93. The van der Waals surface area contributed by atoms with Gasteiger partial charge in [-0.1, -0.05) is 42.5 Å². The number of carbonyl (C=O) groups is 2. The first-order valence-electron chi connectivity index (χ1n) is 11.0. The first-order chi connectivity index (χ1) is 16.5. The molecule has 0 aliphatic carbocycles. The lowest BCUT2D eigenvalue weighted by atomic mass is 10.2. The van der Waals surface area contributed by atoms with Gasteiger partial charge in [-0.15, -0.1) is 0 Å². The molecule has 3 amide bonds. The fourth-order valence-corrected chi connectivity index (χ4v) is 3.45. The van der Waals surface area contributed by atoms with Crippen LogP contribution in [-0.4, -0.2) is 55.7 Å². The number of carbonyl (C=O) groups excluding carboxylic acids is 2. The van der Waals surface area contributed by atoms with Crippen LogP contribution in [0.1, 0.15) is 17.1 Å². The Bertz CT molecular complexity index is 1070. The molecule has 0 saturated carbocycles. The predicted octanol–water partition coefficient (Wildman–Crippen LogP) is 4.31. The van der Waals surface area contributed by atoms with Crippen molar-refractivity contribution in [2.45, 2.75) is 20.0 Å². The van der Waals surface area contributed by atoms with Crippen molar-refractivity contribution in [1.82, 2.24) is 9.80 Å². The van der Waals surface area contributed by atoms with Crippen LogP contribution in [0.3, 0.4) is 0 Å². The number of nitrogens with zero attached hydrogens (tertiary/aromatic N) is 2. The number of aryl methyl sites for hydroxylation is 1. The van der Waals surface area contributed by atoms with E-state index in [1.807, 2.05) is 55.5 Å². The average molecular weight is 466 g/mol. The number of amides is 3. The topological polar surface area (TPSA) is 84.2 Å². The zero-order chi connectivity index (χ0) is 24.3. The Kier molecular flexibility index (Phi) is 9.11. The second kappa shape index (κ2) is 12.5. The van der Waals surface area contributed by atoms with Crippen molar-refractivity contribution in [2.24, 2.45) is 0 Å². The van der Waals surface area contributed by atoms with Gasteiger partial charge >= 0.3 is 6.03 Å². The summed E-state index contributed by atoms with van der Waals surface area (Å²) in [5, 5.41) is 2.83. The van der Waals surface area contributed by atoms with Crippen LogP contribution >= 0.6 is 0 Å². The minimum absolute atomic E-state index is 0.114. The van der Waals surface area contributed by atoms with Crippen LogP contribution in [0.4, 0.5) is 10.5 Å². The molecule has 34 heavy (non-hydrogen) atoms. The molecule has 3 rings (SSSR count). The molecule has 0 spiro atoms. The summed E-state index contributed by atoms with van der Waals surface area (Å²) in [6, 6.07) is 20.2. The minimum Gasteiger partial charge on any atom is -0.495 e. The van der Waals surface area contributed by atoms with Crippen LogP contribution < -0.4 is 10.1 Å². The maximum absolute atomic E-state index is 13.4. The Morgan fingerprint density at radius 2 is 1.65 bits per heavy atom. The van der Waals surface area contributed by atoms with Gasteiger partial charge in [0.25, 0.3) is 0 Å². The molecule has 0 aliphatic heterocycles. The Morgan fingerprint density at radius 1 is 0.912 bits per heavy atom. The van der Waals surface area contributed by atoms with Crippen molar-refractivity contribution in [2.75, 3.05) is 39.2 Å². The fraction of sp³-hybridized carbons (Fsp3) is 0.308. The summed E-state index contributed by atoms with van der Waals surface area (Å²) in [4.78, 5) is 29.6. The second-order valence-electron chi connectivity index (χ2n) is 7.79. The monoisotopic (exact) mass is 465 g/mol. The molecule has 1 heterocycles. The van der Waals surface area contributed by atoms with Crippen molar-refractivity contribution < 1.29 is 23.5 Å². The number of hydrogen-bond acceptors (Lipinski definition) is 5. The largest absolute Gasteiger partial charge is 0.495 e. The van der Waals surface area contributed by atoms with Gasteiger partial charge in [-0.2, -0.15) is 0 Å². The molecular formula is C26H31N3O5. The lowest BCUT2D eigenvalue weighted by Crippen LogP contribution is -2.45. The van der Waals surface area contributed by atoms with Crippen molar-refractivity contribution in [3.05, 3.63) is 83.8 Å². The van der Waals surface area contributed by atoms with Crippen molar-refractivity contribution >= 4 is 17.6 Å². The van der Waals surface area contributed by atoms with Crippen LogP contribution in [0, 0.1) is 6.92 Å². The van der Waals surface area contributed by atoms with Gasteiger partial charge in [0.15, 0.2) is 0 Å². The van der Waals surface area contributed by atoms with Gasteiger partial charge in [-0.25, -0.2) is 4.79 Å². The Balaban J connectivity index is 1.76. The van der Waals surface area contributed by atoms with Crippen LogP contribution in [0.25, 0.3) is 0 Å². The molecule has 0 atom stereocenters. The minimum atomic E-state index is -0.414. The van der Waals surface area contributed by atoms with E-state index in [1.54, 1.807) is 30.2 Å². The number of rotatable bonds is 11. The second-order valence-corrected chi connectivity index (χ2v) is 7.79. The van der Waals surface area contributed by atoms with Gasteiger partial charge in [-0.05, 0) is 36.8 Å². The number of hydrogen-bond donors (Lipinski definition) is 1. The molecular weight excluding hydrogens is 434 g/mol. The van der Waals surface area contributed by atoms with Gasteiger partial charge < -0.3 is 29.0 Å². The van der Waals surface area contributed by atoms with E-state index in [0.29, 0.717) is 36.9 Å². The molecule has 1 aromatic heterocycles. The summed E-state index contributed by atoms with van der Waals surface area (Å²) >= 11 is 0. The Labute approximate surface area is 200 Å². The third-order valence-corrected chi connectivity index (χ3v) is 5.24. The SMILES string of the molecule is COCCN(CC(=O)N(Cc1ccccc1)Cc1ccc(C)o1)C(=O)Nc1ccccc1OC. The maximum Gasteiger partial charge on any atom is 0.322 e. The van der Waals surface area contributed by atoms with E-state index < -0.39 is 6.03 Å². The highest BCUT2D eigenvalue weighted by atomic mass is 16.5. The van der Waals surface area contributed by atoms with Gasteiger partial charge in [0.2, 0.25) is 5.91 Å². The van der Waals surface area contributed by atoms with Crippen LogP contribution in [0.2, 0.25) is 0 Å². The maximum atomic E-state index is 13.4. The molecule has 180 valence electrons. The molecule has 0 fully saturated rings. The van der Waals surface area contributed by atoms with Gasteiger partial charge in [0, 0.05) is 20.2 Å². The summed E-state index contributed by atoms with van der Waals surface area (Å²) in [7, 11) is 3.09. The standard InChI is InChI=1S/C26H31N3O5/c1-20-13-14-22(34-20)18-29(17-21-9-5-4-6-10-21)25(30)19-28(15-16-32-2)26(31)27-23-11-7-8-12-24(23)33-3/h4-14H,15-19H2,1-3H3,(H,27,31). The number of ether oxygens (including phenoxy) is 2. The molecule has 0 bridgehead atoms. The van der Waals surface area contributed by atoms with E-state index in [4.69, 9.17) is 13.9 Å². The normalized spacial score (nSPS) is 10.6. The molecule has 0 radical (unpaired) electrons. The number of anilines is 1. The first kappa shape index (κ1) is 24.9. The van der Waals surface area contributed by atoms with Crippen molar-refractivity contribution in [1.29, 1.82) is 0 Å². The van der Waals surface area contributed by atoms with E-state index >= 15 is 0 Å². The van der Waals surface area contributed by atoms with E-state index in [2.05, 4.69) is 5.32 Å².